The van der Waals surface area contributed by atoms with Crippen LogP contribution in [0.5, 0.6) is 0 Å². The molecule has 0 bridgehead atoms. The molecule has 6 heteroatoms. The van der Waals surface area contributed by atoms with E-state index in [0.29, 0.717) is 18.7 Å². The van der Waals surface area contributed by atoms with E-state index in [4.69, 9.17) is 9.72 Å². The summed E-state index contributed by atoms with van der Waals surface area (Å²) in [5, 5.41) is 3.53. The van der Waals surface area contributed by atoms with E-state index in [0.717, 1.165) is 23.0 Å². The molecule has 0 unspecified atom stereocenters. The molecule has 2 amide bonds. The number of nitrogens with zero attached hydrogens (tertiary/aromatic N) is 2. The topological polar surface area (TPSA) is 71.5 Å². The molecule has 1 aliphatic heterocycles. The van der Waals surface area contributed by atoms with Gasteiger partial charge in [0.25, 0.3) is 5.91 Å². The number of amides is 2. The molecular formula is C18H21N3O3. The second-order valence-corrected chi connectivity index (χ2v) is 5.95. The van der Waals surface area contributed by atoms with E-state index in [1.54, 1.807) is 11.9 Å². The number of carbonyl (C=O) groups is 2. The number of ether oxygens (including phenoxy) is 1. The summed E-state index contributed by atoms with van der Waals surface area (Å²) in [4.78, 5) is 30.7. The second-order valence-electron chi connectivity index (χ2n) is 5.95. The molecule has 24 heavy (non-hydrogen) atoms. The lowest BCUT2D eigenvalue weighted by molar-refractivity contribution is -0.134. The lowest BCUT2D eigenvalue weighted by Crippen LogP contribution is -2.31. The Morgan fingerprint density at radius 2 is 2.17 bits per heavy atom. The van der Waals surface area contributed by atoms with Gasteiger partial charge in [0.2, 0.25) is 5.91 Å². The van der Waals surface area contributed by atoms with Gasteiger partial charge in [0.05, 0.1) is 11.1 Å². The highest BCUT2D eigenvalue weighted by Crippen LogP contribution is 2.29. The van der Waals surface area contributed by atoms with Gasteiger partial charge in [-0.2, -0.15) is 0 Å². The average molecular weight is 327 g/mol. The summed E-state index contributed by atoms with van der Waals surface area (Å²) >= 11 is 0. The molecule has 0 radical (unpaired) electrons. The fourth-order valence-corrected chi connectivity index (χ4v) is 3.17. The van der Waals surface area contributed by atoms with Crippen LogP contribution < -0.4 is 5.32 Å². The van der Waals surface area contributed by atoms with Crippen molar-refractivity contribution in [1.29, 1.82) is 0 Å². The molecule has 1 fully saturated rings. The minimum Gasteiger partial charge on any atom is -0.375 e. The molecule has 0 spiro atoms. The molecule has 0 saturated carbocycles. The Kier molecular flexibility index (Phi) is 4.76. The van der Waals surface area contributed by atoms with E-state index in [1.807, 2.05) is 30.3 Å². The minimum absolute atomic E-state index is 0.00712. The number of methoxy groups -OCH3 is 1. The summed E-state index contributed by atoms with van der Waals surface area (Å²) in [5.41, 5.74) is 2.29. The third kappa shape index (κ3) is 3.10. The van der Waals surface area contributed by atoms with Gasteiger partial charge in [-0.15, -0.1) is 0 Å². The highest BCUT2D eigenvalue weighted by Gasteiger charge is 2.29. The summed E-state index contributed by atoms with van der Waals surface area (Å²) in [7, 11) is 3.14. The van der Waals surface area contributed by atoms with Crippen molar-refractivity contribution in [3.8, 4) is 0 Å². The fraction of sp³-hybridized carbons (Fsp3) is 0.389. The predicted molar refractivity (Wildman–Crippen MR) is 90.9 cm³/mol. The van der Waals surface area contributed by atoms with E-state index in [2.05, 4.69) is 5.32 Å². The first-order valence-corrected chi connectivity index (χ1v) is 8.02. The fourth-order valence-electron chi connectivity index (χ4n) is 3.17. The monoisotopic (exact) mass is 327 g/mol. The van der Waals surface area contributed by atoms with Crippen molar-refractivity contribution in [3.05, 3.63) is 41.6 Å². The van der Waals surface area contributed by atoms with Crippen LogP contribution in [-0.2, 0) is 9.53 Å². The smallest absolute Gasteiger partial charge is 0.251 e. The second kappa shape index (κ2) is 6.97. The lowest BCUT2D eigenvalue weighted by Gasteiger charge is -2.16. The number of carbonyl (C=O) groups excluding carboxylic acids is 2. The van der Waals surface area contributed by atoms with E-state index in [-0.39, 0.29) is 24.3 Å². The van der Waals surface area contributed by atoms with Crippen LogP contribution in [0.25, 0.3) is 10.9 Å². The van der Waals surface area contributed by atoms with Crippen LogP contribution in [0.2, 0.25) is 0 Å². The molecule has 0 aliphatic carbocycles. The van der Waals surface area contributed by atoms with E-state index in [9.17, 15) is 9.59 Å². The number of likely N-dealkylation sites (tertiary alicyclic amines) is 1. The van der Waals surface area contributed by atoms with Gasteiger partial charge in [0.15, 0.2) is 0 Å². The Hall–Kier alpha value is -2.47. The Morgan fingerprint density at radius 3 is 2.92 bits per heavy atom. The molecule has 126 valence electrons. The maximum atomic E-state index is 12.2. The lowest BCUT2D eigenvalue weighted by atomic mass is 9.99. The number of benzene rings is 1. The predicted octanol–water partition coefficient (Wildman–Crippen LogP) is 1.56. The van der Waals surface area contributed by atoms with E-state index in [1.165, 1.54) is 7.11 Å². The normalized spacial score (nSPS) is 17.2. The van der Waals surface area contributed by atoms with Gasteiger partial charge in [-0.3, -0.25) is 14.6 Å². The van der Waals surface area contributed by atoms with Gasteiger partial charge < -0.3 is 15.0 Å². The Labute approximate surface area is 140 Å². The molecule has 1 atom stereocenters. The Morgan fingerprint density at radius 1 is 1.38 bits per heavy atom. The highest BCUT2D eigenvalue weighted by molar-refractivity contribution is 6.06. The largest absolute Gasteiger partial charge is 0.375 e. The van der Waals surface area contributed by atoms with Crippen molar-refractivity contribution in [3.63, 3.8) is 0 Å². The number of hydrogen-bond donors (Lipinski definition) is 1. The summed E-state index contributed by atoms with van der Waals surface area (Å²) in [6.07, 6.45) is 0.841. The molecule has 2 aromatic rings. The molecule has 2 heterocycles. The summed E-state index contributed by atoms with van der Waals surface area (Å²) in [6, 6.07) is 9.48. The number of pyridine rings is 1. The zero-order valence-electron chi connectivity index (χ0n) is 13.9. The number of hydrogen-bond acceptors (Lipinski definition) is 4. The molecule has 1 N–H and O–H groups in total. The Balaban J connectivity index is 1.93. The zero-order chi connectivity index (χ0) is 17.1. The van der Waals surface area contributed by atoms with Crippen LogP contribution >= 0.6 is 0 Å². The number of aromatic nitrogens is 1. The summed E-state index contributed by atoms with van der Waals surface area (Å²) < 4.78 is 4.92. The number of rotatable bonds is 4. The molecule has 3 rings (SSSR count). The maximum absolute atomic E-state index is 12.2. The van der Waals surface area contributed by atoms with E-state index >= 15 is 0 Å². The standard InChI is InChI=1S/C18H21N3O3/c1-19-18(23)14-9-16(20-15-6-4-3-5-13(14)15)12-7-8-21(10-12)17(22)11-24-2/h3-6,9,12H,7-8,10-11H2,1-2H3,(H,19,23)/t12-/m1/s1. The van der Waals surface area contributed by atoms with Crippen molar-refractivity contribution in [2.45, 2.75) is 12.3 Å². The van der Waals surface area contributed by atoms with Crippen molar-refractivity contribution in [2.75, 3.05) is 33.9 Å². The van der Waals surface area contributed by atoms with Gasteiger partial charge in [0.1, 0.15) is 6.61 Å². The van der Waals surface area contributed by atoms with Crippen molar-refractivity contribution in [2.24, 2.45) is 0 Å². The van der Waals surface area contributed by atoms with Gasteiger partial charge in [-0.1, -0.05) is 18.2 Å². The highest BCUT2D eigenvalue weighted by atomic mass is 16.5. The molecule has 1 saturated heterocycles. The van der Waals surface area contributed by atoms with Gasteiger partial charge >= 0.3 is 0 Å². The zero-order valence-corrected chi connectivity index (χ0v) is 13.9. The molecule has 6 nitrogen and oxygen atoms in total. The minimum atomic E-state index is -0.125. The van der Waals surface area contributed by atoms with Crippen LogP contribution in [0, 0.1) is 0 Å². The van der Waals surface area contributed by atoms with E-state index < -0.39 is 0 Å². The van der Waals surface area contributed by atoms with Crippen LogP contribution in [0.4, 0.5) is 0 Å². The van der Waals surface area contributed by atoms with Crippen LogP contribution in [0.15, 0.2) is 30.3 Å². The van der Waals surface area contributed by atoms with Crippen LogP contribution in [0.3, 0.4) is 0 Å². The SMILES string of the molecule is CNC(=O)c1cc([C@@H]2CCN(C(=O)COC)C2)nc2ccccc12. The first-order chi connectivity index (χ1) is 11.6. The molecular weight excluding hydrogens is 306 g/mol. The van der Waals surface area contributed by atoms with Crippen LogP contribution in [-0.4, -0.2) is 55.6 Å². The van der Waals surface area contributed by atoms with Crippen LogP contribution in [0.1, 0.15) is 28.4 Å². The van der Waals surface area contributed by atoms with Crippen molar-refractivity contribution < 1.29 is 14.3 Å². The van der Waals surface area contributed by atoms with Gasteiger partial charge in [0, 0.05) is 44.2 Å². The molecule has 1 aromatic carbocycles. The maximum Gasteiger partial charge on any atom is 0.251 e. The van der Waals surface area contributed by atoms with Crippen molar-refractivity contribution >= 4 is 22.7 Å². The number of nitrogens with one attached hydrogen (secondary N) is 1. The van der Waals surface area contributed by atoms with Gasteiger partial charge in [-0.25, -0.2) is 0 Å². The first-order valence-electron chi connectivity index (χ1n) is 8.02. The van der Waals surface area contributed by atoms with Gasteiger partial charge in [-0.05, 0) is 18.6 Å². The number of fused-ring (bicyclic) bond motifs is 1. The third-order valence-electron chi connectivity index (χ3n) is 4.43. The quantitative estimate of drug-likeness (QED) is 0.925. The summed E-state index contributed by atoms with van der Waals surface area (Å²) in [6.45, 7) is 1.40. The third-order valence-corrected chi connectivity index (χ3v) is 4.43. The Bertz CT molecular complexity index is 775. The first kappa shape index (κ1) is 16.4. The summed E-state index contributed by atoms with van der Waals surface area (Å²) in [5.74, 6) is 0.00583. The molecule has 1 aliphatic rings. The average Bonchev–Trinajstić information content (AvgIpc) is 3.10. The number of para-hydroxylation sites is 1. The molecule has 1 aromatic heterocycles. The van der Waals surface area contributed by atoms with Crippen molar-refractivity contribution in [1.82, 2.24) is 15.2 Å².